The Morgan fingerprint density at radius 3 is 2.31 bits per heavy atom. The molecule has 0 aromatic carbocycles. The highest BCUT2D eigenvalue weighted by Gasteiger charge is 1.83. The summed E-state index contributed by atoms with van der Waals surface area (Å²) in [4.78, 5) is 0. The average Bonchev–Trinajstić information content (AvgIpc) is 2.61. The molecule has 0 spiro atoms. The van der Waals surface area contributed by atoms with Crippen molar-refractivity contribution in [3.63, 3.8) is 0 Å². The number of rotatable bonds is 0. The number of allylic oxidation sites excluding steroid dienone is 2. The minimum absolute atomic E-state index is 1.25. The van der Waals surface area contributed by atoms with Crippen LogP contribution in [0.5, 0.6) is 0 Å². The van der Waals surface area contributed by atoms with Crippen molar-refractivity contribution in [3.8, 4) is 0 Å². The summed E-state index contributed by atoms with van der Waals surface area (Å²) < 4.78 is 2.08. The zero-order chi connectivity index (χ0) is 11.1. The van der Waals surface area contributed by atoms with Crippen LogP contribution in [0.3, 0.4) is 0 Å². The summed E-state index contributed by atoms with van der Waals surface area (Å²) in [7, 11) is 0. The fourth-order valence-electron chi connectivity index (χ4n) is 1.27. The van der Waals surface area contributed by atoms with Crippen molar-refractivity contribution in [2.75, 3.05) is 0 Å². The van der Waals surface area contributed by atoms with Gasteiger partial charge in [0, 0.05) is 30.3 Å². The first kappa shape index (κ1) is 10.2. The van der Waals surface area contributed by atoms with E-state index in [9.17, 15) is 0 Å². The van der Waals surface area contributed by atoms with Crippen LogP contribution in [0, 0.1) is 0 Å². The standard InChI is InChI=1S/C8H7N.C4H5N3/c1-2-6-9-7-3-5-8(9)4-1;1-2-4-6-7-5-3-1/h1-7H;1-4,7H. The lowest BCUT2D eigenvalue weighted by molar-refractivity contribution is 0.821. The zero-order valence-electron chi connectivity index (χ0n) is 8.69. The number of hydrogen-bond acceptors (Lipinski definition) is 3. The molecule has 1 aliphatic heterocycles. The van der Waals surface area contributed by atoms with E-state index in [-0.39, 0.29) is 0 Å². The number of nitrogens with one attached hydrogen (secondary N) is 1. The molecule has 0 bridgehead atoms. The minimum atomic E-state index is 1.25. The van der Waals surface area contributed by atoms with Gasteiger partial charge in [-0.1, -0.05) is 6.07 Å². The summed E-state index contributed by atoms with van der Waals surface area (Å²) >= 11 is 0. The molecule has 1 aliphatic rings. The van der Waals surface area contributed by atoms with Crippen molar-refractivity contribution in [3.05, 3.63) is 54.9 Å². The van der Waals surface area contributed by atoms with Gasteiger partial charge in [-0.05, 0) is 36.4 Å². The highest BCUT2D eigenvalue weighted by atomic mass is 15.5. The SMILES string of the molecule is C1=CC=NNN=C1.c1ccn2cccc2c1. The summed E-state index contributed by atoms with van der Waals surface area (Å²) in [6.07, 6.45) is 10.9. The van der Waals surface area contributed by atoms with Crippen LogP contribution >= 0.6 is 0 Å². The van der Waals surface area contributed by atoms with Crippen molar-refractivity contribution >= 4 is 17.9 Å². The third-order valence-corrected chi connectivity index (χ3v) is 1.98. The molecule has 2 aromatic rings. The van der Waals surface area contributed by atoms with Gasteiger partial charge in [0.25, 0.3) is 0 Å². The van der Waals surface area contributed by atoms with Gasteiger partial charge in [-0.2, -0.15) is 15.7 Å². The summed E-state index contributed by atoms with van der Waals surface area (Å²) in [6.45, 7) is 0. The summed E-state index contributed by atoms with van der Waals surface area (Å²) in [6, 6.07) is 10.3. The second-order valence-corrected chi connectivity index (χ2v) is 3.08. The highest BCUT2D eigenvalue weighted by molar-refractivity contribution is 5.81. The second kappa shape index (κ2) is 5.50. The van der Waals surface area contributed by atoms with Gasteiger partial charge < -0.3 is 4.40 Å². The molecule has 16 heavy (non-hydrogen) atoms. The molecule has 3 heterocycles. The van der Waals surface area contributed by atoms with Crippen LogP contribution in [0.1, 0.15) is 0 Å². The molecule has 0 saturated heterocycles. The Morgan fingerprint density at radius 1 is 0.875 bits per heavy atom. The lowest BCUT2D eigenvalue weighted by Crippen LogP contribution is -1.90. The number of fused-ring (bicyclic) bond motifs is 1. The maximum Gasteiger partial charge on any atom is 0.0489 e. The Balaban J connectivity index is 0.000000125. The molecule has 4 nitrogen and oxygen atoms in total. The fourth-order valence-corrected chi connectivity index (χ4v) is 1.27. The van der Waals surface area contributed by atoms with Gasteiger partial charge in [0.15, 0.2) is 0 Å². The van der Waals surface area contributed by atoms with E-state index in [2.05, 4.69) is 32.3 Å². The van der Waals surface area contributed by atoms with E-state index in [1.54, 1.807) is 24.6 Å². The molecule has 0 atom stereocenters. The molecule has 0 amide bonds. The van der Waals surface area contributed by atoms with E-state index in [1.165, 1.54) is 5.52 Å². The molecular formula is C12H12N4. The van der Waals surface area contributed by atoms with E-state index in [0.29, 0.717) is 0 Å². The van der Waals surface area contributed by atoms with Crippen LogP contribution in [0.4, 0.5) is 0 Å². The Morgan fingerprint density at radius 2 is 1.56 bits per heavy atom. The summed E-state index contributed by atoms with van der Waals surface area (Å²) in [5, 5.41) is 7.22. The van der Waals surface area contributed by atoms with Gasteiger partial charge >= 0.3 is 0 Å². The first-order chi connectivity index (χ1) is 7.97. The average molecular weight is 212 g/mol. The maximum atomic E-state index is 3.61. The van der Waals surface area contributed by atoms with Crippen molar-refractivity contribution in [2.24, 2.45) is 10.2 Å². The topological polar surface area (TPSA) is 41.2 Å². The van der Waals surface area contributed by atoms with Crippen molar-refractivity contribution in [1.29, 1.82) is 0 Å². The number of hydrogen-bond donors (Lipinski definition) is 1. The minimum Gasteiger partial charge on any atom is -0.324 e. The number of pyridine rings is 1. The molecule has 0 aliphatic carbocycles. The Labute approximate surface area is 93.6 Å². The van der Waals surface area contributed by atoms with Crippen LogP contribution < -0.4 is 5.53 Å². The third kappa shape index (κ3) is 2.81. The van der Waals surface area contributed by atoms with Gasteiger partial charge in [0.1, 0.15) is 0 Å². The molecule has 2 aromatic heterocycles. The van der Waals surface area contributed by atoms with Crippen LogP contribution in [-0.2, 0) is 0 Å². The predicted molar refractivity (Wildman–Crippen MR) is 66.7 cm³/mol. The van der Waals surface area contributed by atoms with Gasteiger partial charge in [0.05, 0.1) is 0 Å². The van der Waals surface area contributed by atoms with Gasteiger partial charge in [-0.25, -0.2) is 0 Å². The van der Waals surface area contributed by atoms with Gasteiger partial charge in [-0.15, -0.1) is 0 Å². The Kier molecular flexibility index (Phi) is 3.50. The molecule has 0 saturated carbocycles. The monoisotopic (exact) mass is 212 g/mol. The largest absolute Gasteiger partial charge is 0.324 e. The number of hydrazone groups is 2. The van der Waals surface area contributed by atoms with Crippen molar-refractivity contribution < 1.29 is 0 Å². The van der Waals surface area contributed by atoms with Crippen LogP contribution in [0.15, 0.2) is 65.1 Å². The van der Waals surface area contributed by atoms with Gasteiger partial charge in [-0.3, -0.25) is 0 Å². The van der Waals surface area contributed by atoms with Crippen LogP contribution in [0.2, 0.25) is 0 Å². The van der Waals surface area contributed by atoms with E-state index >= 15 is 0 Å². The fraction of sp³-hybridized carbons (Fsp3) is 0. The van der Waals surface area contributed by atoms with Crippen LogP contribution in [-0.4, -0.2) is 16.8 Å². The Hall–Kier alpha value is -2.36. The molecule has 0 radical (unpaired) electrons. The molecule has 4 heteroatoms. The summed E-state index contributed by atoms with van der Waals surface area (Å²) in [5.41, 5.74) is 3.67. The van der Waals surface area contributed by atoms with E-state index in [0.717, 1.165) is 0 Å². The smallest absolute Gasteiger partial charge is 0.0489 e. The predicted octanol–water partition coefficient (Wildman–Crippen LogP) is 2.06. The molecule has 0 fully saturated rings. The quantitative estimate of drug-likeness (QED) is 0.713. The van der Waals surface area contributed by atoms with E-state index in [1.807, 2.05) is 30.6 Å². The van der Waals surface area contributed by atoms with Crippen molar-refractivity contribution in [2.45, 2.75) is 0 Å². The lowest BCUT2D eigenvalue weighted by atomic mass is 10.4. The molecule has 1 N–H and O–H groups in total. The molecule has 80 valence electrons. The summed E-state index contributed by atoms with van der Waals surface area (Å²) in [5.74, 6) is 0. The van der Waals surface area contributed by atoms with Crippen molar-refractivity contribution in [1.82, 2.24) is 9.94 Å². The molecular weight excluding hydrogens is 200 g/mol. The number of nitrogens with zero attached hydrogens (tertiary/aromatic N) is 3. The van der Waals surface area contributed by atoms with E-state index < -0.39 is 0 Å². The third-order valence-electron chi connectivity index (χ3n) is 1.98. The number of aromatic nitrogens is 1. The molecule has 3 rings (SSSR count). The molecule has 0 unspecified atom stereocenters. The van der Waals surface area contributed by atoms with Gasteiger partial charge in [0.2, 0.25) is 0 Å². The first-order valence-electron chi connectivity index (χ1n) is 4.95. The Bertz CT molecular complexity index is 478. The lowest BCUT2D eigenvalue weighted by Gasteiger charge is -1.88. The van der Waals surface area contributed by atoms with E-state index in [4.69, 9.17) is 0 Å². The second-order valence-electron chi connectivity index (χ2n) is 3.08. The highest BCUT2D eigenvalue weighted by Crippen LogP contribution is 2.01. The normalized spacial score (nSPS) is 12.8. The first-order valence-corrected chi connectivity index (χ1v) is 4.95. The maximum absolute atomic E-state index is 3.61. The zero-order valence-corrected chi connectivity index (χ0v) is 8.69. The van der Waals surface area contributed by atoms with Crippen LogP contribution in [0.25, 0.3) is 5.52 Å².